The molecule has 3 rings (SSSR count). The number of methoxy groups -OCH3 is 1. The molecule has 0 radical (unpaired) electrons. The van der Waals surface area contributed by atoms with Crippen LogP contribution in [0.15, 0.2) is 24.3 Å². The first-order valence-corrected chi connectivity index (χ1v) is 9.44. The Morgan fingerprint density at radius 3 is 2.28 bits per heavy atom. The third-order valence-corrected chi connectivity index (χ3v) is 5.49. The Morgan fingerprint density at radius 2 is 1.68 bits per heavy atom. The van der Waals surface area contributed by atoms with Crippen molar-refractivity contribution in [1.82, 2.24) is 9.80 Å². The summed E-state index contributed by atoms with van der Waals surface area (Å²) in [7, 11) is 3.75. The SMILES string of the molecule is COc1ccc(OC2CCN(C(=O)CN(C)C3CCCC3)CC2)cc1. The van der Waals surface area contributed by atoms with Gasteiger partial charge in [0.05, 0.1) is 13.7 Å². The molecule has 1 saturated carbocycles. The van der Waals surface area contributed by atoms with Gasteiger partial charge < -0.3 is 14.4 Å². The van der Waals surface area contributed by atoms with Gasteiger partial charge in [-0.1, -0.05) is 12.8 Å². The third-order valence-electron chi connectivity index (χ3n) is 5.49. The van der Waals surface area contributed by atoms with Crippen molar-refractivity contribution < 1.29 is 14.3 Å². The highest BCUT2D eigenvalue weighted by Crippen LogP contribution is 2.24. The van der Waals surface area contributed by atoms with Crippen LogP contribution in [0.1, 0.15) is 38.5 Å². The molecule has 5 heteroatoms. The molecule has 138 valence electrons. The second kappa shape index (κ2) is 8.56. The summed E-state index contributed by atoms with van der Waals surface area (Å²) in [5.74, 6) is 1.96. The zero-order chi connectivity index (χ0) is 17.6. The smallest absolute Gasteiger partial charge is 0.236 e. The van der Waals surface area contributed by atoms with E-state index in [1.807, 2.05) is 29.2 Å². The van der Waals surface area contributed by atoms with Gasteiger partial charge in [0.25, 0.3) is 0 Å². The highest BCUT2D eigenvalue weighted by atomic mass is 16.5. The summed E-state index contributed by atoms with van der Waals surface area (Å²) in [5, 5.41) is 0. The molecule has 0 unspecified atom stereocenters. The van der Waals surface area contributed by atoms with Crippen LogP contribution in [0.3, 0.4) is 0 Å². The second-order valence-corrected chi connectivity index (χ2v) is 7.23. The Bertz CT molecular complexity index is 547. The average Bonchev–Trinajstić information content (AvgIpc) is 3.18. The van der Waals surface area contributed by atoms with Gasteiger partial charge in [0.2, 0.25) is 5.91 Å². The zero-order valence-electron chi connectivity index (χ0n) is 15.4. The number of likely N-dealkylation sites (N-methyl/N-ethyl adjacent to an activating group) is 1. The van der Waals surface area contributed by atoms with Gasteiger partial charge in [-0.25, -0.2) is 0 Å². The lowest BCUT2D eigenvalue weighted by molar-refractivity contribution is -0.134. The number of carbonyl (C=O) groups excluding carboxylic acids is 1. The number of hydrogen-bond donors (Lipinski definition) is 0. The minimum Gasteiger partial charge on any atom is -0.497 e. The molecule has 0 atom stereocenters. The van der Waals surface area contributed by atoms with Crippen LogP contribution in [0.25, 0.3) is 0 Å². The van der Waals surface area contributed by atoms with Crippen LogP contribution in [0.2, 0.25) is 0 Å². The Morgan fingerprint density at radius 1 is 1.08 bits per heavy atom. The average molecular weight is 346 g/mol. The number of nitrogens with zero attached hydrogens (tertiary/aromatic N) is 2. The van der Waals surface area contributed by atoms with E-state index in [0.29, 0.717) is 12.6 Å². The van der Waals surface area contributed by atoms with Gasteiger partial charge >= 0.3 is 0 Å². The van der Waals surface area contributed by atoms with E-state index < -0.39 is 0 Å². The molecule has 1 aromatic carbocycles. The van der Waals surface area contributed by atoms with E-state index in [1.54, 1.807) is 7.11 Å². The Balaban J connectivity index is 1.42. The van der Waals surface area contributed by atoms with E-state index in [4.69, 9.17) is 9.47 Å². The molecule has 25 heavy (non-hydrogen) atoms. The summed E-state index contributed by atoms with van der Waals surface area (Å²) < 4.78 is 11.2. The number of hydrogen-bond acceptors (Lipinski definition) is 4. The first-order valence-electron chi connectivity index (χ1n) is 9.44. The highest BCUT2D eigenvalue weighted by Gasteiger charge is 2.27. The first-order chi connectivity index (χ1) is 12.2. The molecule has 1 heterocycles. The van der Waals surface area contributed by atoms with Crippen molar-refractivity contribution in [2.45, 2.75) is 50.7 Å². The fourth-order valence-electron chi connectivity index (χ4n) is 3.86. The van der Waals surface area contributed by atoms with E-state index in [0.717, 1.165) is 37.4 Å². The summed E-state index contributed by atoms with van der Waals surface area (Å²) in [5.41, 5.74) is 0. The number of benzene rings is 1. The summed E-state index contributed by atoms with van der Waals surface area (Å²) in [4.78, 5) is 16.8. The Labute approximate surface area is 150 Å². The predicted molar refractivity (Wildman–Crippen MR) is 98.1 cm³/mol. The molecule has 0 spiro atoms. The van der Waals surface area contributed by atoms with Gasteiger partial charge in [-0.15, -0.1) is 0 Å². The van der Waals surface area contributed by atoms with E-state index >= 15 is 0 Å². The maximum absolute atomic E-state index is 12.5. The van der Waals surface area contributed by atoms with E-state index in [-0.39, 0.29) is 12.0 Å². The number of likely N-dealkylation sites (tertiary alicyclic amines) is 1. The van der Waals surface area contributed by atoms with Gasteiger partial charge in [0.1, 0.15) is 17.6 Å². The molecule has 0 bridgehead atoms. The van der Waals surface area contributed by atoms with Gasteiger partial charge in [-0.05, 0) is 44.2 Å². The van der Waals surface area contributed by atoms with Crippen LogP contribution in [-0.4, -0.2) is 61.6 Å². The number of carbonyl (C=O) groups is 1. The van der Waals surface area contributed by atoms with Crippen LogP contribution in [0, 0.1) is 0 Å². The lowest BCUT2D eigenvalue weighted by Crippen LogP contribution is -2.46. The first kappa shape index (κ1) is 18.1. The van der Waals surface area contributed by atoms with Crippen LogP contribution >= 0.6 is 0 Å². The van der Waals surface area contributed by atoms with Gasteiger partial charge in [0, 0.05) is 32.0 Å². The molecule has 5 nitrogen and oxygen atoms in total. The van der Waals surface area contributed by atoms with Crippen LogP contribution in [0.4, 0.5) is 0 Å². The van der Waals surface area contributed by atoms with E-state index in [1.165, 1.54) is 25.7 Å². The third kappa shape index (κ3) is 4.88. The lowest BCUT2D eigenvalue weighted by Gasteiger charge is -2.34. The molecule has 0 N–H and O–H groups in total. The maximum atomic E-state index is 12.5. The minimum atomic E-state index is 0.185. The highest BCUT2D eigenvalue weighted by molar-refractivity contribution is 5.78. The number of rotatable bonds is 6. The maximum Gasteiger partial charge on any atom is 0.236 e. The molecule has 2 aliphatic rings. The van der Waals surface area contributed by atoms with E-state index in [2.05, 4.69) is 11.9 Å². The van der Waals surface area contributed by atoms with Gasteiger partial charge in [-0.2, -0.15) is 0 Å². The van der Waals surface area contributed by atoms with Crippen molar-refractivity contribution in [2.75, 3.05) is 33.8 Å². The molecule has 2 fully saturated rings. The van der Waals surface area contributed by atoms with Crippen LogP contribution in [0.5, 0.6) is 11.5 Å². The lowest BCUT2D eigenvalue weighted by atomic mass is 10.1. The van der Waals surface area contributed by atoms with E-state index in [9.17, 15) is 4.79 Å². The van der Waals surface area contributed by atoms with Crippen molar-refractivity contribution in [1.29, 1.82) is 0 Å². The molecule has 1 aliphatic heterocycles. The van der Waals surface area contributed by atoms with Crippen molar-refractivity contribution in [3.63, 3.8) is 0 Å². The minimum absolute atomic E-state index is 0.185. The molecule has 1 saturated heterocycles. The fourth-order valence-corrected chi connectivity index (χ4v) is 3.86. The number of ether oxygens (including phenoxy) is 2. The van der Waals surface area contributed by atoms with Gasteiger partial charge in [0.15, 0.2) is 0 Å². The molecular formula is C20H30N2O3. The summed E-state index contributed by atoms with van der Waals surface area (Å²) in [6, 6.07) is 8.29. The Hall–Kier alpha value is -1.75. The van der Waals surface area contributed by atoms with Crippen molar-refractivity contribution in [2.24, 2.45) is 0 Å². The topological polar surface area (TPSA) is 42.0 Å². The number of piperidine rings is 1. The molecule has 0 aromatic heterocycles. The normalized spacial score (nSPS) is 19.4. The Kier molecular flexibility index (Phi) is 6.19. The monoisotopic (exact) mass is 346 g/mol. The standard InChI is InChI=1S/C20H30N2O3/c1-21(16-5-3-4-6-16)15-20(23)22-13-11-19(12-14-22)25-18-9-7-17(24-2)8-10-18/h7-10,16,19H,3-6,11-15H2,1-2H3. The summed E-state index contributed by atoms with van der Waals surface area (Å²) in [6.45, 7) is 2.13. The molecule has 1 aliphatic carbocycles. The largest absolute Gasteiger partial charge is 0.497 e. The van der Waals surface area contributed by atoms with Crippen molar-refractivity contribution in [3.8, 4) is 11.5 Å². The molecule has 1 aromatic rings. The van der Waals surface area contributed by atoms with Crippen molar-refractivity contribution in [3.05, 3.63) is 24.3 Å². The molecule has 1 amide bonds. The fraction of sp³-hybridized carbons (Fsp3) is 0.650. The summed E-state index contributed by atoms with van der Waals surface area (Å²) >= 11 is 0. The zero-order valence-corrected chi connectivity index (χ0v) is 15.4. The van der Waals surface area contributed by atoms with Crippen molar-refractivity contribution >= 4 is 5.91 Å². The quantitative estimate of drug-likeness (QED) is 0.794. The van der Waals surface area contributed by atoms with Crippen LogP contribution in [-0.2, 0) is 4.79 Å². The van der Waals surface area contributed by atoms with Crippen LogP contribution < -0.4 is 9.47 Å². The summed E-state index contributed by atoms with van der Waals surface area (Å²) in [6.07, 6.45) is 7.05. The number of amides is 1. The van der Waals surface area contributed by atoms with Gasteiger partial charge in [-0.3, -0.25) is 9.69 Å². The molecular weight excluding hydrogens is 316 g/mol. The second-order valence-electron chi connectivity index (χ2n) is 7.23. The predicted octanol–water partition coefficient (Wildman–Crippen LogP) is 2.94.